The lowest BCUT2D eigenvalue weighted by Gasteiger charge is -2.38. The van der Waals surface area contributed by atoms with E-state index in [2.05, 4.69) is 0 Å². The Balaban J connectivity index is 1.65. The van der Waals surface area contributed by atoms with E-state index in [0.717, 1.165) is 6.07 Å². The van der Waals surface area contributed by atoms with Crippen LogP contribution in [0.2, 0.25) is 0 Å². The van der Waals surface area contributed by atoms with E-state index in [1.54, 1.807) is 13.8 Å². The second kappa shape index (κ2) is 8.08. The van der Waals surface area contributed by atoms with Crippen molar-refractivity contribution in [1.82, 2.24) is 9.21 Å². The number of nitrogens with zero attached hydrogens (tertiary/aromatic N) is 2. The van der Waals surface area contributed by atoms with Gasteiger partial charge in [0.25, 0.3) is 5.91 Å². The van der Waals surface area contributed by atoms with E-state index in [0.29, 0.717) is 5.75 Å². The molecule has 1 amide bonds. The Morgan fingerprint density at radius 3 is 2.17 bits per heavy atom. The van der Waals surface area contributed by atoms with Crippen LogP contribution in [0.15, 0.2) is 53.4 Å². The quantitative estimate of drug-likeness (QED) is 0.740. The van der Waals surface area contributed by atoms with Crippen LogP contribution in [0, 0.1) is 11.6 Å². The van der Waals surface area contributed by atoms with Crippen molar-refractivity contribution in [1.29, 1.82) is 0 Å². The van der Waals surface area contributed by atoms with Gasteiger partial charge in [-0.25, -0.2) is 17.2 Å². The molecule has 2 aromatic carbocycles. The van der Waals surface area contributed by atoms with E-state index in [-0.39, 0.29) is 37.0 Å². The largest absolute Gasteiger partial charge is 0.478 e. The average Bonchev–Trinajstić information content (AvgIpc) is 2.69. The Labute approximate surface area is 168 Å². The first-order valence-electron chi connectivity index (χ1n) is 9.09. The van der Waals surface area contributed by atoms with Crippen LogP contribution in [-0.4, -0.2) is 55.3 Å². The molecule has 9 heteroatoms. The maximum absolute atomic E-state index is 13.4. The van der Waals surface area contributed by atoms with Crippen molar-refractivity contribution in [3.63, 3.8) is 0 Å². The molecule has 1 aliphatic rings. The number of halogens is 2. The average molecular weight is 424 g/mol. The van der Waals surface area contributed by atoms with Crippen molar-refractivity contribution < 1.29 is 26.7 Å². The summed E-state index contributed by atoms with van der Waals surface area (Å²) in [5.74, 6) is -0.974. The summed E-state index contributed by atoms with van der Waals surface area (Å²) in [7, 11) is -3.83. The minimum Gasteiger partial charge on any atom is -0.478 e. The molecule has 0 aliphatic carbocycles. The zero-order valence-corrected chi connectivity index (χ0v) is 17.0. The van der Waals surface area contributed by atoms with Gasteiger partial charge in [0.2, 0.25) is 10.0 Å². The summed E-state index contributed by atoms with van der Waals surface area (Å²) in [6, 6.07) is 10.2. The third-order valence-electron chi connectivity index (χ3n) is 4.66. The number of benzene rings is 2. The molecule has 0 N–H and O–H groups in total. The Kier molecular flexibility index (Phi) is 5.90. The van der Waals surface area contributed by atoms with E-state index >= 15 is 0 Å². The first-order chi connectivity index (χ1) is 13.6. The molecule has 2 aromatic rings. The van der Waals surface area contributed by atoms with Crippen LogP contribution in [0.3, 0.4) is 0 Å². The molecule has 0 aromatic heterocycles. The summed E-state index contributed by atoms with van der Waals surface area (Å²) < 4.78 is 58.8. The molecule has 0 radical (unpaired) electrons. The number of hydrogen-bond donors (Lipinski definition) is 0. The van der Waals surface area contributed by atoms with Crippen LogP contribution >= 0.6 is 0 Å². The number of carbonyl (C=O) groups is 1. The lowest BCUT2D eigenvalue weighted by Crippen LogP contribution is -2.56. The highest BCUT2D eigenvalue weighted by atomic mass is 32.2. The van der Waals surface area contributed by atoms with E-state index in [9.17, 15) is 22.0 Å². The van der Waals surface area contributed by atoms with Gasteiger partial charge in [0.1, 0.15) is 17.4 Å². The van der Waals surface area contributed by atoms with Crippen LogP contribution in [0.25, 0.3) is 0 Å². The van der Waals surface area contributed by atoms with Crippen molar-refractivity contribution in [3.8, 4) is 5.75 Å². The van der Waals surface area contributed by atoms with Crippen molar-refractivity contribution in [2.24, 2.45) is 0 Å². The Morgan fingerprint density at radius 1 is 0.966 bits per heavy atom. The summed E-state index contributed by atoms with van der Waals surface area (Å²) in [6.07, 6.45) is 0. The van der Waals surface area contributed by atoms with Gasteiger partial charge in [-0.05, 0) is 56.3 Å². The number of sulfonamides is 1. The Bertz CT molecular complexity index is 986. The molecule has 0 bridgehead atoms. The van der Waals surface area contributed by atoms with Crippen LogP contribution in [0.1, 0.15) is 13.8 Å². The summed E-state index contributed by atoms with van der Waals surface area (Å²) >= 11 is 0. The zero-order valence-electron chi connectivity index (χ0n) is 16.1. The number of amides is 1. The highest BCUT2D eigenvalue weighted by Crippen LogP contribution is 2.23. The molecule has 0 spiro atoms. The molecule has 1 saturated heterocycles. The summed E-state index contributed by atoms with van der Waals surface area (Å²) in [4.78, 5) is 14.3. The van der Waals surface area contributed by atoms with Gasteiger partial charge < -0.3 is 9.64 Å². The van der Waals surface area contributed by atoms with E-state index < -0.39 is 27.3 Å². The van der Waals surface area contributed by atoms with E-state index in [1.807, 2.05) is 0 Å². The summed E-state index contributed by atoms with van der Waals surface area (Å²) in [5.41, 5.74) is -1.21. The van der Waals surface area contributed by atoms with Crippen molar-refractivity contribution >= 4 is 15.9 Å². The van der Waals surface area contributed by atoms with Gasteiger partial charge in [-0.15, -0.1) is 0 Å². The number of carbonyl (C=O) groups excluding carboxylic acids is 1. The molecular weight excluding hydrogens is 402 g/mol. The predicted octanol–water partition coefficient (Wildman–Crippen LogP) is 2.66. The molecule has 6 nitrogen and oxygen atoms in total. The van der Waals surface area contributed by atoms with Crippen molar-refractivity contribution in [2.45, 2.75) is 24.3 Å². The molecule has 1 fully saturated rings. The van der Waals surface area contributed by atoms with Gasteiger partial charge in [0, 0.05) is 26.2 Å². The minimum absolute atomic E-state index is 0.0945. The highest BCUT2D eigenvalue weighted by Gasteiger charge is 2.37. The standard InChI is InChI=1S/C20H22F2N2O4S/c1-20(2,28-17-8-6-15(21)7-9-17)19(25)23-10-12-24(13-11-23)29(26,27)18-5-3-4-16(22)14-18/h3-9,14H,10-13H2,1-2H3. The van der Waals surface area contributed by atoms with Crippen LogP contribution in [0.4, 0.5) is 8.78 Å². The molecule has 0 atom stereocenters. The first kappa shape index (κ1) is 21.2. The lowest BCUT2D eigenvalue weighted by molar-refractivity contribution is -0.146. The summed E-state index contributed by atoms with van der Waals surface area (Å²) in [5, 5.41) is 0. The molecule has 0 unspecified atom stereocenters. The molecule has 156 valence electrons. The van der Waals surface area contributed by atoms with Crippen molar-refractivity contribution in [3.05, 3.63) is 60.2 Å². The number of rotatable bonds is 5. The minimum atomic E-state index is -3.83. The second-order valence-corrected chi connectivity index (χ2v) is 9.16. The van der Waals surface area contributed by atoms with Crippen molar-refractivity contribution in [2.75, 3.05) is 26.2 Å². The smallest absolute Gasteiger partial charge is 0.266 e. The van der Waals surface area contributed by atoms with Gasteiger partial charge in [-0.2, -0.15) is 4.31 Å². The van der Waals surface area contributed by atoms with Gasteiger partial charge in [0.15, 0.2) is 5.60 Å². The topological polar surface area (TPSA) is 66.9 Å². The fraction of sp³-hybridized carbons (Fsp3) is 0.350. The fourth-order valence-electron chi connectivity index (χ4n) is 3.13. The summed E-state index contributed by atoms with van der Waals surface area (Å²) in [6.45, 7) is 3.77. The van der Waals surface area contributed by atoms with Gasteiger partial charge in [0.05, 0.1) is 4.90 Å². The Hall–Kier alpha value is -2.52. The van der Waals surface area contributed by atoms with E-state index in [4.69, 9.17) is 4.74 Å². The molecule has 1 aliphatic heterocycles. The van der Waals surface area contributed by atoms with Gasteiger partial charge in [-0.1, -0.05) is 6.07 Å². The third-order valence-corrected chi connectivity index (χ3v) is 6.56. The zero-order chi connectivity index (χ0) is 21.2. The monoisotopic (exact) mass is 424 g/mol. The van der Waals surface area contributed by atoms with E-state index in [1.165, 1.54) is 51.7 Å². The molecule has 1 heterocycles. The number of hydrogen-bond acceptors (Lipinski definition) is 4. The number of ether oxygens (including phenoxy) is 1. The maximum atomic E-state index is 13.4. The number of piperazine rings is 1. The van der Waals surface area contributed by atoms with Crippen LogP contribution in [0.5, 0.6) is 5.75 Å². The van der Waals surface area contributed by atoms with Crippen LogP contribution in [-0.2, 0) is 14.8 Å². The maximum Gasteiger partial charge on any atom is 0.266 e. The SMILES string of the molecule is CC(C)(Oc1ccc(F)cc1)C(=O)N1CCN(S(=O)(=O)c2cccc(F)c2)CC1. The van der Waals surface area contributed by atoms with Gasteiger partial charge in [-0.3, -0.25) is 4.79 Å². The van der Waals surface area contributed by atoms with Crippen LogP contribution < -0.4 is 4.74 Å². The Morgan fingerprint density at radius 2 is 1.59 bits per heavy atom. The highest BCUT2D eigenvalue weighted by molar-refractivity contribution is 7.89. The molecular formula is C20H22F2N2O4S. The molecule has 0 saturated carbocycles. The first-order valence-corrected chi connectivity index (χ1v) is 10.5. The molecule has 29 heavy (non-hydrogen) atoms. The normalized spacial score (nSPS) is 15.9. The third kappa shape index (κ3) is 4.73. The second-order valence-electron chi connectivity index (χ2n) is 7.22. The lowest BCUT2D eigenvalue weighted by atomic mass is 10.1. The fourth-order valence-corrected chi connectivity index (χ4v) is 4.58. The van der Waals surface area contributed by atoms with Gasteiger partial charge >= 0.3 is 0 Å². The molecule has 3 rings (SSSR count). The predicted molar refractivity (Wildman–Crippen MR) is 103 cm³/mol.